The Balaban J connectivity index is 1.44. The second-order valence-electron chi connectivity index (χ2n) is 6.82. The number of hydrogen-bond acceptors (Lipinski definition) is 3. The van der Waals surface area contributed by atoms with Crippen LogP contribution < -0.4 is 10.6 Å². The molecule has 1 aromatic carbocycles. The zero-order valence-electron chi connectivity index (χ0n) is 13.7. The number of benzene rings is 1. The Morgan fingerprint density at radius 1 is 1.32 bits per heavy atom. The van der Waals surface area contributed by atoms with Gasteiger partial charge in [-0.3, -0.25) is 9.69 Å². The number of carboxylic acids is 1. The number of halogens is 2. The fraction of sp³-hybridized carbons (Fsp3) is 0.529. The van der Waals surface area contributed by atoms with Crippen molar-refractivity contribution in [1.29, 1.82) is 0 Å². The van der Waals surface area contributed by atoms with E-state index in [0.717, 1.165) is 25.5 Å². The van der Waals surface area contributed by atoms with E-state index in [1.54, 1.807) is 0 Å². The van der Waals surface area contributed by atoms with Crippen molar-refractivity contribution < 1.29 is 19.1 Å². The Labute approximate surface area is 150 Å². The number of carbonyl (C=O) groups excluding carboxylic acids is 1. The lowest BCUT2D eigenvalue weighted by atomic mass is 9.85. The molecule has 2 aliphatic carbocycles. The predicted molar refractivity (Wildman–Crippen MR) is 92.3 cm³/mol. The van der Waals surface area contributed by atoms with E-state index < -0.39 is 17.8 Å². The summed E-state index contributed by atoms with van der Waals surface area (Å²) in [6, 6.07) is 3.85. The molecule has 0 bridgehead atoms. The lowest BCUT2D eigenvalue weighted by Gasteiger charge is -2.42. The van der Waals surface area contributed by atoms with E-state index in [0.29, 0.717) is 11.6 Å². The quantitative estimate of drug-likeness (QED) is 0.690. The summed E-state index contributed by atoms with van der Waals surface area (Å²) in [7, 11) is 0. The van der Waals surface area contributed by atoms with Gasteiger partial charge in [-0.1, -0.05) is 11.6 Å². The van der Waals surface area contributed by atoms with Gasteiger partial charge in [-0.25, -0.2) is 9.18 Å². The molecule has 0 radical (unpaired) electrons. The van der Waals surface area contributed by atoms with Crippen molar-refractivity contribution in [2.45, 2.75) is 37.8 Å². The number of hydrogen-bond donors (Lipinski definition) is 3. The monoisotopic (exact) mass is 369 g/mol. The van der Waals surface area contributed by atoms with Crippen molar-refractivity contribution >= 4 is 29.3 Å². The van der Waals surface area contributed by atoms with Crippen molar-refractivity contribution in [2.24, 2.45) is 5.92 Å². The van der Waals surface area contributed by atoms with Gasteiger partial charge in [-0.2, -0.15) is 0 Å². The van der Waals surface area contributed by atoms with E-state index in [2.05, 4.69) is 10.6 Å². The van der Waals surface area contributed by atoms with Crippen LogP contribution >= 0.6 is 11.6 Å². The average Bonchev–Trinajstić information content (AvgIpc) is 3.29. The highest BCUT2D eigenvalue weighted by Gasteiger charge is 2.37. The molecule has 0 atom stereocenters. The Morgan fingerprint density at radius 3 is 2.64 bits per heavy atom. The summed E-state index contributed by atoms with van der Waals surface area (Å²) in [5.74, 6) is -0.790. The summed E-state index contributed by atoms with van der Waals surface area (Å²) >= 11 is 5.61. The molecule has 8 heteroatoms. The maximum Gasteiger partial charge on any atom is 0.319 e. The topological polar surface area (TPSA) is 81.7 Å². The second kappa shape index (κ2) is 7.58. The highest BCUT2D eigenvalue weighted by molar-refractivity contribution is 6.30. The van der Waals surface area contributed by atoms with Gasteiger partial charge in [0, 0.05) is 24.3 Å². The molecule has 0 heterocycles. The van der Waals surface area contributed by atoms with Crippen molar-refractivity contribution in [2.75, 3.05) is 18.4 Å². The highest BCUT2D eigenvalue weighted by Crippen LogP contribution is 2.33. The normalized spacial score (nSPS) is 22.4. The lowest BCUT2D eigenvalue weighted by molar-refractivity contribution is -0.139. The van der Waals surface area contributed by atoms with Crippen LogP contribution in [0.2, 0.25) is 5.02 Å². The van der Waals surface area contributed by atoms with Crippen LogP contribution in [0.25, 0.3) is 0 Å². The number of amides is 2. The molecule has 0 unspecified atom stereocenters. The maximum atomic E-state index is 13.4. The standard InChI is InChI=1S/C17H21ClFN3O3/c18-14-4-3-11(7-15(14)19)20-17(25)21-12-5-13(6-12)22(9-16(23)24)8-10-1-2-10/h3-4,7,10,12-13H,1-2,5-6,8-9H2,(H,23,24)(H2,20,21,25). The smallest absolute Gasteiger partial charge is 0.319 e. The number of carbonyl (C=O) groups is 2. The third-order valence-electron chi connectivity index (χ3n) is 4.67. The summed E-state index contributed by atoms with van der Waals surface area (Å²) in [4.78, 5) is 25.0. The average molecular weight is 370 g/mol. The Bertz CT molecular complexity index is 663. The Morgan fingerprint density at radius 2 is 2.04 bits per heavy atom. The largest absolute Gasteiger partial charge is 0.480 e. The van der Waals surface area contributed by atoms with Crippen LogP contribution in [-0.4, -0.2) is 47.2 Å². The molecule has 6 nitrogen and oxygen atoms in total. The van der Waals surface area contributed by atoms with Crippen LogP contribution in [0.3, 0.4) is 0 Å². The number of nitrogens with one attached hydrogen (secondary N) is 2. The molecule has 3 N–H and O–H groups in total. The van der Waals surface area contributed by atoms with Gasteiger partial charge in [0.05, 0.1) is 11.6 Å². The Hall–Kier alpha value is -1.86. The minimum Gasteiger partial charge on any atom is -0.480 e. The van der Waals surface area contributed by atoms with Crippen LogP contribution in [0.4, 0.5) is 14.9 Å². The number of urea groups is 1. The number of rotatable bonds is 7. The maximum absolute atomic E-state index is 13.4. The van der Waals surface area contributed by atoms with Gasteiger partial charge < -0.3 is 15.7 Å². The summed E-state index contributed by atoms with van der Waals surface area (Å²) in [5, 5.41) is 14.4. The molecule has 3 rings (SSSR count). The van der Waals surface area contributed by atoms with Crippen molar-refractivity contribution in [3.63, 3.8) is 0 Å². The van der Waals surface area contributed by atoms with Crippen molar-refractivity contribution in [3.8, 4) is 0 Å². The number of carboxylic acid groups (broad SMARTS) is 1. The van der Waals surface area contributed by atoms with Gasteiger partial charge in [0.2, 0.25) is 0 Å². The molecule has 25 heavy (non-hydrogen) atoms. The third kappa shape index (κ3) is 5.06. The van der Waals surface area contributed by atoms with Gasteiger partial charge in [-0.15, -0.1) is 0 Å². The molecule has 0 aliphatic heterocycles. The fourth-order valence-corrected chi connectivity index (χ4v) is 3.20. The molecule has 0 spiro atoms. The summed E-state index contributed by atoms with van der Waals surface area (Å²) in [6.07, 6.45) is 3.79. The first-order valence-electron chi connectivity index (χ1n) is 8.39. The SMILES string of the molecule is O=C(O)CN(CC1CC1)C1CC(NC(=O)Nc2ccc(Cl)c(F)c2)C1. The summed E-state index contributed by atoms with van der Waals surface area (Å²) in [5.41, 5.74) is 0.330. The van der Waals surface area contributed by atoms with Crippen LogP contribution in [0.1, 0.15) is 25.7 Å². The number of nitrogens with zero attached hydrogens (tertiary/aromatic N) is 1. The molecule has 0 saturated heterocycles. The van der Waals surface area contributed by atoms with Crippen LogP contribution in [0, 0.1) is 11.7 Å². The molecule has 2 fully saturated rings. The molecule has 0 aromatic heterocycles. The van der Waals surface area contributed by atoms with E-state index in [1.165, 1.54) is 25.0 Å². The van der Waals surface area contributed by atoms with Crippen LogP contribution in [0.15, 0.2) is 18.2 Å². The molecule has 2 amide bonds. The van der Waals surface area contributed by atoms with E-state index in [1.807, 2.05) is 4.90 Å². The zero-order chi connectivity index (χ0) is 18.0. The molecule has 2 aliphatic rings. The van der Waals surface area contributed by atoms with Gasteiger partial charge >= 0.3 is 12.0 Å². The van der Waals surface area contributed by atoms with Crippen molar-refractivity contribution in [3.05, 3.63) is 29.0 Å². The summed E-state index contributed by atoms with van der Waals surface area (Å²) in [6.45, 7) is 0.865. The molecule has 1 aromatic rings. The zero-order valence-corrected chi connectivity index (χ0v) is 14.4. The van der Waals surface area contributed by atoms with E-state index in [9.17, 15) is 14.0 Å². The van der Waals surface area contributed by atoms with E-state index >= 15 is 0 Å². The van der Waals surface area contributed by atoms with Gasteiger partial charge in [0.15, 0.2) is 0 Å². The molecular formula is C17H21ClFN3O3. The number of anilines is 1. The van der Waals surface area contributed by atoms with Crippen LogP contribution in [-0.2, 0) is 4.79 Å². The summed E-state index contributed by atoms with van der Waals surface area (Å²) < 4.78 is 13.4. The van der Waals surface area contributed by atoms with Gasteiger partial charge in [0.1, 0.15) is 5.82 Å². The number of aliphatic carboxylic acids is 1. The molecule has 2 saturated carbocycles. The molecular weight excluding hydrogens is 349 g/mol. The van der Waals surface area contributed by atoms with Gasteiger partial charge in [0.25, 0.3) is 0 Å². The first-order chi connectivity index (χ1) is 11.9. The molecule has 136 valence electrons. The highest BCUT2D eigenvalue weighted by atomic mass is 35.5. The first-order valence-corrected chi connectivity index (χ1v) is 8.77. The first kappa shape index (κ1) is 17.9. The predicted octanol–water partition coefficient (Wildman–Crippen LogP) is 2.93. The van der Waals surface area contributed by atoms with E-state index in [4.69, 9.17) is 16.7 Å². The second-order valence-corrected chi connectivity index (χ2v) is 7.22. The fourth-order valence-electron chi connectivity index (χ4n) is 3.08. The minimum atomic E-state index is -0.820. The van der Waals surface area contributed by atoms with Gasteiger partial charge in [-0.05, 0) is 49.8 Å². The van der Waals surface area contributed by atoms with Crippen LogP contribution in [0.5, 0.6) is 0 Å². The Kier molecular flexibility index (Phi) is 5.44. The lowest BCUT2D eigenvalue weighted by Crippen LogP contribution is -2.55. The van der Waals surface area contributed by atoms with Crippen molar-refractivity contribution in [1.82, 2.24) is 10.2 Å². The third-order valence-corrected chi connectivity index (χ3v) is 4.98. The minimum absolute atomic E-state index is 0.00183. The van der Waals surface area contributed by atoms with E-state index in [-0.39, 0.29) is 23.7 Å².